The molecule has 1 aliphatic rings. The summed E-state index contributed by atoms with van der Waals surface area (Å²) in [7, 11) is 0. The van der Waals surface area contributed by atoms with E-state index < -0.39 is 0 Å². The Labute approximate surface area is 174 Å². The first-order valence-electron chi connectivity index (χ1n) is 9.62. The van der Waals surface area contributed by atoms with Gasteiger partial charge in [0.25, 0.3) is 0 Å². The van der Waals surface area contributed by atoms with Gasteiger partial charge in [0, 0.05) is 48.2 Å². The normalized spacial score (nSPS) is 16.8. The van der Waals surface area contributed by atoms with Gasteiger partial charge in [-0.25, -0.2) is 4.98 Å². The van der Waals surface area contributed by atoms with Crippen molar-refractivity contribution >= 4 is 34.3 Å². The number of thiophene rings is 1. The van der Waals surface area contributed by atoms with Gasteiger partial charge >= 0.3 is 0 Å². The second-order valence-corrected chi connectivity index (χ2v) is 9.26. The number of likely N-dealkylation sites (tertiary alicyclic amines) is 1. The average Bonchev–Trinajstić information content (AvgIpc) is 3.36. The number of nitrogens with zero attached hydrogens (tertiary/aromatic N) is 3. The molecule has 0 radical (unpaired) electrons. The van der Waals surface area contributed by atoms with Gasteiger partial charge in [-0.2, -0.15) is 0 Å². The van der Waals surface area contributed by atoms with E-state index in [0.717, 1.165) is 48.9 Å². The summed E-state index contributed by atoms with van der Waals surface area (Å²) in [5.74, 6) is 0.0748. The summed E-state index contributed by atoms with van der Waals surface area (Å²) in [5, 5.41) is 5.28. The summed E-state index contributed by atoms with van der Waals surface area (Å²) >= 11 is 3.49. The van der Waals surface area contributed by atoms with Crippen molar-refractivity contribution < 1.29 is 4.79 Å². The lowest BCUT2D eigenvalue weighted by Gasteiger charge is -2.47. The molecule has 2 aromatic heterocycles. The first kappa shape index (κ1) is 19.3. The number of aromatic nitrogens is 1. The van der Waals surface area contributed by atoms with Crippen LogP contribution in [0.2, 0.25) is 0 Å². The maximum atomic E-state index is 12.9. The minimum atomic E-state index is -0.377. The molecule has 146 valence electrons. The molecule has 1 saturated heterocycles. The van der Waals surface area contributed by atoms with Crippen LogP contribution in [0, 0.1) is 6.92 Å². The zero-order valence-corrected chi connectivity index (χ0v) is 17.9. The Morgan fingerprint density at radius 2 is 1.89 bits per heavy atom. The van der Waals surface area contributed by atoms with Crippen molar-refractivity contribution in [2.75, 3.05) is 18.0 Å². The second-order valence-electron chi connectivity index (χ2n) is 7.37. The minimum Gasteiger partial charge on any atom is -0.300 e. The molecule has 3 aromatic rings. The number of thiazole rings is 1. The van der Waals surface area contributed by atoms with E-state index in [4.69, 9.17) is 4.98 Å². The molecule has 4 nitrogen and oxygen atoms in total. The summed E-state index contributed by atoms with van der Waals surface area (Å²) in [6, 6.07) is 14.4. The van der Waals surface area contributed by atoms with E-state index in [2.05, 4.69) is 27.8 Å². The van der Waals surface area contributed by atoms with Crippen molar-refractivity contribution in [1.82, 2.24) is 9.88 Å². The Hall–Kier alpha value is -2.02. The molecule has 28 heavy (non-hydrogen) atoms. The highest BCUT2D eigenvalue weighted by Crippen LogP contribution is 2.43. The maximum Gasteiger partial charge on any atom is 0.224 e. The molecule has 1 amide bonds. The number of rotatable bonds is 5. The number of amides is 1. The Bertz CT molecular complexity index is 912. The number of para-hydroxylation sites is 1. The van der Waals surface area contributed by atoms with E-state index in [1.165, 1.54) is 4.88 Å². The van der Waals surface area contributed by atoms with Gasteiger partial charge in [0.1, 0.15) is 10.5 Å². The number of anilines is 1. The predicted octanol–water partition coefficient (Wildman–Crippen LogP) is 5.06. The van der Waals surface area contributed by atoms with Crippen molar-refractivity contribution in [2.45, 2.75) is 38.8 Å². The monoisotopic (exact) mass is 411 g/mol. The fourth-order valence-electron chi connectivity index (χ4n) is 4.11. The highest BCUT2D eigenvalue weighted by molar-refractivity contribution is 7.10. The van der Waals surface area contributed by atoms with Crippen LogP contribution < -0.4 is 4.90 Å². The van der Waals surface area contributed by atoms with E-state index >= 15 is 0 Å². The summed E-state index contributed by atoms with van der Waals surface area (Å²) in [6.45, 7) is 6.59. The summed E-state index contributed by atoms with van der Waals surface area (Å²) in [6.07, 6.45) is 1.78. The van der Waals surface area contributed by atoms with Gasteiger partial charge in [-0.3, -0.25) is 14.6 Å². The van der Waals surface area contributed by atoms with Crippen LogP contribution >= 0.6 is 22.7 Å². The van der Waals surface area contributed by atoms with Crippen LogP contribution in [0.25, 0.3) is 0 Å². The van der Waals surface area contributed by atoms with Gasteiger partial charge in [-0.15, -0.1) is 22.7 Å². The number of aryl methyl sites for hydroxylation is 1. The van der Waals surface area contributed by atoms with Gasteiger partial charge in [-0.05, 0) is 43.3 Å². The van der Waals surface area contributed by atoms with E-state index in [-0.39, 0.29) is 11.4 Å². The van der Waals surface area contributed by atoms with Crippen LogP contribution in [-0.2, 0) is 16.9 Å². The van der Waals surface area contributed by atoms with Crippen LogP contribution in [0.5, 0.6) is 0 Å². The maximum absolute atomic E-state index is 12.9. The van der Waals surface area contributed by atoms with Gasteiger partial charge in [0.2, 0.25) is 5.91 Å². The highest BCUT2D eigenvalue weighted by atomic mass is 32.1. The Kier molecular flexibility index (Phi) is 5.62. The summed E-state index contributed by atoms with van der Waals surface area (Å²) < 4.78 is 0. The molecule has 0 N–H and O–H groups in total. The third kappa shape index (κ3) is 3.77. The van der Waals surface area contributed by atoms with Gasteiger partial charge < -0.3 is 0 Å². The van der Waals surface area contributed by atoms with E-state index in [9.17, 15) is 4.79 Å². The molecule has 0 saturated carbocycles. The van der Waals surface area contributed by atoms with Crippen LogP contribution in [-0.4, -0.2) is 28.9 Å². The molecule has 4 rings (SSSR count). The molecular weight excluding hydrogens is 386 g/mol. The molecule has 0 aliphatic carbocycles. The standard InChI is InChI=1S/C22H25N3OS2/c1-17-16-28-21(23-17)22(25(18(2)26)19-7-4-3-5-8-19)10-12-24(13-11-22)15-20-9-6-14-27-20/h3-9,14,16H,10-13,15H2,1-2H3. The first-order valence-corrected chi connectivity index (χ1v) is 11.4. The lowest BCUT2D eigenvalue weighted by atomic mass is 9.85. The second kappa shape index (κ2) is 8.15. The topological polar surface area (TPSA) is 36.4 Å². The molecule has 0 spiro atoms. The van der Waals surface area contributed by atoms with E-state index in [1.54, 1.807) is 18.3 Å². The third-order valence-corrected chi connectivity index (χ3v) is 7.43. The molecule has 1 aliphatic heterocycles. The number of hydrogen-bond acceptors (Lipinski definition) is 5. The lowest BCUT2D eigenvalue weighted by Crippen LogP contribution is -2.55. The van der Waals surface area contributed by atoms with Gasteiger partial charge in [0.05, 0.1) is 0 Å². The zero-order valence-electron chi connectivity index (χ0n) is 16.3. The van der Waals surface area contributed by atoms with Gasteiger partial charge in [0.15, 0.2) is 0 Å². The summed E-state index contributed by atoms with van der Waals surface area (Å²) in [4.78, 5) is 23.6. The molecule has 6 heteroatoms. The largest absolute Gasteiger partial charge is 0.300 e. The summed E-state index contributed by atoms with van der Waals surface area (Å²) in [5.41, 5.74) is 1.60. The number of benzene rings is 1. The van der Waals surface area contributed by atoms with Crippen molar-refractivity contribution in [3.8, 4) is 0 Å². The average molecular weight is 412 g/mol. The van der Waals surface area contributed by atoms with Crippen LogP contribution in [0.1, 0.15) is 35.3 Å². The SMILES string of the molecule is CC(=O)N(c1ccccc1)C1(c2nc(C)cs2)CCN(Cc2cccs2)CC1. The van der Waals surface area contributed by atoms with Crippen molar-refractivity contribution in [3.63, 3.8) is 0 Å². The lowest BCUT2D eigenvalue weighted by molar-refractivity contribution is -0.118. The third-order valence-electron chi connectivity index (χ3n) is 5.42. The Morgan fingerprint density at radius 1 is 1.14 bits per heavy atom. The smallest absolute Gasteiger partial charge is 0.224 e. The fraction of sp³-hybridized carbons (Fsp3) is 0.364. The van der Waals surface area contributed by atoms with Crippen molar-refractivity contribution in [1.29, 1.82) is 0 Å². The number of carbonyl (C=O) groups is 1. The highest BCUT2D eigenvalue weighted by Gasteiger charge is 2.45. The van der Waals surface area contributed by atoms with Crippen LogP contribution in [0.15, 0.2) is 53.2 Å². The first-order chi connectivity index (χ1) is 13.6. The minimum absolute atomic E-state index is 0.0748. The Balaban J connectivity index is 1.67. The molecule has 3 heterocycles. The van der Waals surface area contributed by atoms with Crippen molar-refractivity contribution in [3.05, 3.63) is 68.8 Å². The quantitative estimate of drug-likeness (QED) is 0.589. The number of carbonyl (C=O) groups excluding carboxylic acids is 1. The van der Waals surface area contributed by atoms with E-state index in [1.807, 2.05) is 53.5 Å². The molecule has 1 aromatic carbocycles. The van der Waals surface area contributed by atoms with Crippen molar-refractivity contribution in [2.24, 2.45) is 0 Å². The number of hydrogen-bond donors (Lipinski definition) is 0. The molecule has 0 atom stereocenters. The molecular formula is C22H25N3OS2. The van der Waals surface area contributed by atoms with Crippen LogP contribution in [0.4, 0.5) is 5.69 Å². The zero-order chi connectivity index (χ0) is 19.6. The molecule has 0 unspecified atom stereocenters. The predicted molar refractivity (Wildman–Crippen MR) is 117 cm³/mol. The van der Waals surface area contributed by atoms with Gasteiger partial charge in [-0.1, -0.05) is 24.3 Å². The van der Waals surface area contributed by atoms with E-state index in [0.29, 0.717) is 0 Å². The molecule has 0 bridgehead atoms. The number of piperidine rings is 1. The molecule has 1 fully saturated rings. The fourth-order valence-corrected chi connectivity index (χ4v) is 5.90. The van der Waals surface area contributed by atoms with Crippen LogP contribution in [0.3, 0.4) is 0 Å². The Morgan fingerprint density at radius 3 is 2.46 bits per heavy atom.